The highest BCUT2D eigenvalue weighted by molar-refractivity contribution is 6.31. The van der Waals surface area contributed by atoms with Crippen molar-refractivity contribution in [1.82, 2.24) is 4.90 Å². The van der Waals surface area contributed by atoms with Crippen LogP contribution in [0.1, 0.15) is 24.8 Å². The fourth-order valence-electron chi connectivity index (χ4n) is 3.57. The fraction of sp³-hybridized carbons (Fsp3) is 0.588. The van der Waals surface area contributed by atoms with E-state index in [1.165, 1.54) is 0 Å². The second-order valence-corrected chi connectivity index (χ2v) is 6.57. The molecule has 120 valence electrons. The second-order valence-electron chi connectivity index (χ2n) is 6.16. The van der Waals surface area contributed by atoms with E-state index in [0.29, 0.717) is 31.1 Å². The molecule has 1 amide bonds. The largest absolute Gasteiger partial charge is 0.393 e. The summed E-state index contributed by atoms with van der Waals surface area (Å²) >= 11 is 6.15. The maximum atomic E-state index is 12.7. The first-order valence-electron chi connectivity index (χ1n) is 7.95. The van der Waals surface area contributed by atoms with E-state index in [1.54, 1.807) is 0 Å². The summed E-state index contributed by atoms with van der Waals surface area (Å²) in [6.07, 6.45) is 2.54. The molecule has 5 heteroatoms. The van der Waals surface area contributed by atoms with Crippen molar-refractivity contribution in [2.24, 2.45) is 5.92 Å². The number of carbonyl (C=O) groups is 1. The topological polar surface area (TPSA) is 49.8 Å². The standard InChI is InChI=1S/C17H22ClNO3/c18-14-5-2-1-4-12(14)10-17(21)19-8-3-6-15(19)13-11-22-9-7-16(13)20/h1-2,4-5,13,15-16,20H,3,6-11H2. The number of carbonyl (C=O) groups excluding carboxylic acids is 1. The van der Waals surface area contributed by atoms with Crippen LogP contribution in [-0.4, -0.2) is 47.8 Å². The van der Waals surface area contributed by atoms with Crippen molar-refractivity contribution >= 4 is 17.5 Å². The van der Waals surface area contributed by atoms with Crippen LogP contribution < -0.4 is 0 Å². The molecule has 2 aliphatic heterocycles. The van der Waals surface area contributed by atoms with Gasteiger partial charge in [0, 0.05) is 30.1 Å². The number of aliphatic hydroxyl groups excluding tert-OH is 1. The lowest BCUT2D eigenvalue weighted by Gasteiger charge is -2.37. The molecule has 3 atom stereocenters. The molecule has 0 spiro atoms. The van der Waals surface area contributed by atoms with Gasteiger partial charge in [-0.2, -0.15) is 0 Å². The van der Waals surface area contributed by atoms with E-state index in [-0.39, 0.29) is 24.0 Å². The van der Waals surface area contributed by atoms with Crippen LogP contribution in [0.15, 0.2) is 24.3 Å². The Morgan fingerprint density at radius 2 is 2.18 bits per heavy atom. The van der Waals surface area contributed by atoms with Crippen LogP contribution in [-0.2, 0) is 16.0 Å². The number of hydrogen-bond acceptors (Lipinski definition) is 3. The number of halogens is 1. The Labute approximate surface area is 136 Å². The van der Waals surface area contributed by atoms with Gasteiger partial charge in [-0.3, -0.25) is 4.79 Å². The molecule has 0 aromatic heterocycles. The fourth-order valence-corrected chi connectivity index (χ4v) is 3.77. The predicted octanol–water partition coefficient (Wildman–Crippen LogP) is 2.27. The lowest BCUT2D eigenvalue weighted by Crippen LogP contribution is -2.48. The number of ether oxygens (including phenoxy) is 1. The summed E-state index contributed by atoms with van der Waals surface area (Å²) in [5, 5.41) is 10.9. The van der Waals surface area contributed by atoms with Crippen LogP contribution in [0.2, 0.25) is 5.02 Å². The minimum atomic E-state index is -0.368. The van der Waals surface area contributed by atoms with Crippen LogP contribution in [0.5, 0.6) is 0 Å². The number of nitrogens with zero attached hydrogens (tertiary/aromatic N) is 1. The third kappa shape index (κ3) is 3.29. The summed E-state index contributed by atoms with van der Waals surface area (Å²) in [5.41, 5.74) is 0.861. The molecule has 2 heterocycles. The third-order valence-electron chi connectivity index (χ3n) is 4.78. The molecule has 0 saturated carbocycles. The van der Waals surface area contributed by atoms with Gasteiger partial charge in [-0.05, 0) is 30.9 Å². The quantitative estimate of drug-likeness (QED) is 0.928. The molecular formula is C17H22ClNO3. The van der Waals surface area contributed by atoms with Gasteiger partial charge in [0.1, 0.15) is 0 Å². The summed E-state index contributed by atoms with van der Waals surface area (Å²) in [5.74, 6) is 0.125. The smallest absolute Gasteiger partial charge is 0.227 e. The van der Waals surface area contributed by atoms with Gasteiger partial charge in [-0.1, -0.05) is 29.8 Å². The third-order valence-corrected chi connectivity index (χ3v) is 5.14. The minimum Gasteiger partial charge on any atom is -0.393 e. The highest BCUT2D eigenvalue weighted by atomic mass is 35.5. The molecule has 0 bridgehead atoms. The summed E-state index contributed by atoms with van der Waals surface area (Å²) < 4.78 is 5.51. The highest BCUT2D eigenvalue weighted by Gasteiger charge is 2.39. The zero-order valence-electron chi connectivity index (χ0n) is 12.6. The van der Waals surface area contributed by atoms with E-state index >= 15 is 0 Å². The van der Waals surface area contributed by atoms with E-state index in [4.69, 9.17) is 16.3 Å². The van der Waals surface area contributed by atoms with E-state index in [2.05, 4.69) is 0 Å². The molecule has 1 aromatic rings. The summed E-state index contributed by atoms with van der Waals surface area (Å²) in [6.45, 7) is 1.91. The number of hydrogen-bond donors (Lipinski definition) is 1. The Balaban J connectivity index is 1.70. The Bertz CT molecular complexity index is 536. The maximum absolute atomic E-state index is 12.7. The first-order chi connectivity index (χ1) is 10.7. The van der Waals surface area contributed by atoms with E-state index < -0.39 is 0 Å². The molecule has 3 rings (SSSR count). The monoisotopic (exact) mass is 323 g/mol. The zero-order valence-corrected chi connectivity index (χ0v) is 13.3. The molecule has 1 aromatic carbocycles. The summed E-state index contributed by atoms with van der Waals surface area (Å²) in [7, 11) is 0. The van der Waals surface area contributed by atoms with E-state index in [9.17, 15) is 9.90 Å². The van der Waals surface area contributed by atoms with Gasteiger partial charge in [0.2, 0.25) is 5.91 Å². The van der Waals surface area contributed by atoms with Gasteiger partial charge >= 0.3 is 0 Å². The average molecular weight is 324 g/mol. The predicted molar refractivity (Wildman–Crippen MR) is 84.8 cm³/mol. The van der Waals surface area contributed by atoms with Crippen LogP contribution in [0.3, 0.4) is 0 Å². The van der Waals surface area contributed by atoms with Crippen molar-refractivity contribution in [2.75, 3.05) is 19.8 Å². The van der Waals surface area contributed by atoms with Crippen molar-refractivity contribution in [3.8, 4) is 0 Å². The van der Waals surface area contributed by atoms with Crippen LogP contribution >= 0.6 is 11.6 Å². The highest BCUT2D eigenvalue weighted by Crippen LogP contribution is 2.30. The maximum Gasteiger partial charge on any atom is 0.227 e. The summed E-state index contributed by atoms with van der Waals surface area (Å²) in [6, 6.07) is 7.55. The van der Waals surface area contributed by atoms with Crippen molar-refractivity contribution in [3.05, 3.63) is 34.9 Å². The van der Waals surface area contributed by atoms with Crippen molar-refractivity contribution in [3.63, 3.8) is 0 Å². The Morgan fingerprint density at radius 3 is 2.95 bits per heavy atom. The Kier molecular flexibility index (Phi) is 5.01. The summed E-state index contributed by atoms with van der Waals surface area (Å²) in [4.78, 5) is 14.6. The number of rotatable bonds is 3. The van der Waals surface area contributed by atoms with Gasteiger partial charge in [-0.25, -0.2) is 0 Å². The Hall–Kier alpha value is -1.10. The molecule has 0 radical (unpaired) electrons. The zero-order chi connectivity index (χ0) is 15.5. The van der Waals surface area contributed by atoms with Crippen molar-refractivity contribution in [2.45, 2.75) is 37.8 Å². The first kappa shape index (κ1) is 15.8. The lowest BCUT2D eigenvalue weighted by atomic mass is 9.89. The number of amides is 1. The first-order valence-corrected chi connectivity index (χ1v) is 8.33. The SMILES string of the molecule is O=C(Cc1ccccc1Cl)N1CCCC1C1COCCC1O. The minimum absolute atomic E-state index is 0.0337. The van der Waals surface area contributed by atoms with Crippen LogP contribution in [0.4, 0.5) is 0 Å². The molecule has 2 fully saturated rings. The molecule has 1 N–H and O–H groups in total. The normalized spacial score (nSPS) is 28.8. The molecule has 2 aliphatic rings. The number of likely N-dealkylation sites (tertiary alicyclic amines) is 1. The molecular weight excluding hydrogens is 302 g/mol. The average Bonchev–Trinajstić information content (AvgIpc) is 2.99. The lowest BCUT2D eigenvalue weighted by molar-refractivity contribution is -0.135. The molecule has 4 nitrogen and oxygen atoms in total. The molecule has 3 unspecified atom stereocenters. The number of benzene rings is 1. The number of aliphatic hydroxyl groups is 1. The molecule has 22 heavy (non-hydrogen) atoms. The van der Waals surface area contributed by atoms with Crippen molar-refractivity contribution in [1.29, 1.82) is 0 Å². The molecule has 2 saturated heterocycles. The second kappa shape index (κ2) is 6.99. The van der Waals surface area contributed by atoms with E-state index in [0.717, 1.165) is 24.9 Å². The van der Waals surface area contributed by atoms with Gasteiger partial charge in [0.25, 0.3) is 0 Å². The van der Waals surface area contributed by atoms with Gasteiger partial charge in [0.05, 0.1) is 19.1 Å². The van der Waals surface area contributed by atoms with Gasteiger partial charge in [-0.15, -0.1) is 0 Å². The van der Waals surface area contributed by atoms with E-state index in [1.807, 2.05) is 29.2 Å². The van der Waals surface area contributed by atoms with Crippen LogP contribution in [0, 0.1) is 5.92 Å². The van der Waals surface area contributed by atoms with Gasteiger partial charge < -0.3 is 14.7 Å². The van der Waals surface area contributed by atoms with Crippen molar-refractivity contribution < 1.29 is 14.6 Å². The van der Waals surface area contributed by atoms with Crippen LogP contribution in [0.25, 0.3) is 0 Å². The van der Waals surface area contributed by atoms with Gasteiger partial charge in [0.15, 0.2) is 0 Å². The Morgan fingerprint density at radius 1 is 1.36 bits per heavy atom. The molecule has 0 aliphatic carbocycles.